The van der Waals surface area contributed by atoms with Crippen molar-refractivity contribution in [3.05, 3.63) is 42.0 Å². The van der Waals surface area contributed by atoms with Crippen LogP contribution in [0.3, 0.4) is 0 Å². The molecule has 0 amide bonds. The van der Waals surface area contributed by atoms with E-state index in [4.69, 9.17) is 9.47 Å². The highest BCUT2D eigenvalue weighted by molar-refractivity contribution is 5.26. The van der Waals surface area contributed by atoms with Gasteiger partial charge in [0.25, 0.3) is 0 Å². The average Bonchev–Trinajstić information content (AvgIpc) is 2.40. The van der Waals surface area contributed by atoms with Crippen LogP contribution in [0.1, 0.15) is 18.9 Å². The van der Waals surface area contributed by atoms with Crippen molar-refractivity contribution in [2.75, 3.05) is 26.8 Å². The van der Waals surface area contributed by atoms with Crippen molar-refractivity contribution in [3.63, 3.8) is 0 Å². The van der Waals surface area contributed by atoms with Crippen LogP contribution in [-0.4, -0.2) is 26.8 Å². The molecule has 3 nitrogen and oxygen atoms in total. The first-order valence-electron chi connectivity index (χ1n) is 6.34. The Kier molecular flexibility index (Phi) is 7.14. The molecule has 1 N–H and O–H groups in total. The molecule has 0 spiro atoms. The first-order valence-corrected chi connectivity index (χ1v) is 6.34. The number of hydrogen-bond donors (Lipinski definition) is 1. The Balaban J connectivity index is 2.18. The lowest BCUT2D eigenvalue weighted by Crippen LogP contribution is -2.19. The molecular weight excluding hydrogens is 226 g/mol. The summed E-state index contributed by atoms with van der Waals surface area (Å²) in [5.41, 5.74) is 2.22. The van der Waals surface area contributed by atoms with E-state index in [-0.39, 0.29) is 0 Å². The summed E-state index contributed by atoms with van der Waals surface area (Å²) in [4.78, 5) is 0. The van der Waals surface area contributed by atoms with Gasteiger partial charge in [-0.15, -0.1) is 0 Å². The number of rotatable bonds is 9. The molecule has 1 rings (SSSR count). The summed E-state index contributed by atoms with van der Waals surface area (Å²) >= 11 is 0. The van der Waals surface area contributed by atoms with Crippen LogP contribution in [-0.2, 0) is 11.3 Å². The minimum atomic E-state index is 0.600. The maximum atomic E-state index is 5.61. The first-order chi connectivity index (χ1) is 8.76. The van der Waals surface area contributed by atoms with Crippen molar-refractivity contribution in [3.8, 4) is 5.75 Å². The van der Waals surface area contributed by atoms with Crippen molar-refractivity contribution in [2.24, 2.45) is 0 Å². The molecule has 0 aliphatic carbocycles. The molecule has 0 atom stereocenters. The first kappa shape index (κ1) is 14.7. The smallest absolute Gasteiger partial charge is 0.118 e. The third kappa shape index (κ3) is 5.84. The Bertz CT molecular complexity index is 346. The number of nitrogens with one attached hydrogen (secondary N) is 1. The van der Waals surface area contributed by atoms with Crippen LogP contribution < -0.4 is 10.1 Å². The van der Waals surface area contributed by atoms with Crippen LogP contribution in [0.2, 0.25) is 0 Å². The molecule has 0 unspecified atom stereocenters. The lowest BCUT2D eigenvalue weighted by Gasteiger charge is -2.08. The zero-order valence-corrected chi connectivity index (χ0v) is 11.4. The van der Waals surface area contributed by atoms with Gasteiger partial charge in [-0.2, -0.15) is 0 Å². The van der Waals surface area contributed by atoms with Crippen molar-refractivity contribution in [2.45, 2.75) is 20.0 Å². The Morgan fingerprint density at radius 2 is 2.00 bits per heavy atom. The molecule has 0 aliphatic rings. The minimum Gasteiger partial charge on any atom is -0.497 e. The summed E-state index contributed by atoms with van der Waals surface area (Å²) in [5.74, 6) is 0.868. The molecule has 100 valence electrons. The second kappa shape index (κ2) is 8.72. The Morgan fingerprint density at radius 1 is 1.28 bits per heavy atom. The molecule has 1 aromatic rings. The highest BCUT2D eigenvalue weighted by atomic mass is 16.5. The number of hydrogen-bond acceptors (Lipinski definition) is 3. The third-order valence-electron chi connectivity index (χ3n) is 2.54. The zero-order valence-electron chi connectivity index (χ0n) is 11.4. The molecule has 0 saturated carbocycles. The van der Waals surface area contributed by atoms with Gasteiger partial charge in [0, 0.05) is 6.54 Å². The summed E-state index contributed by atoms with van der Waals surface area (Å²) in [5, 5.41) is 3.30. The molecule has 0 radical (unpaired) electrons. The predicted molar refractivity (Wildman–Crippen MR) is 75.0 cm³/mol. The molecule has 18 heavy (non-hydrogen) atoms. The van der Waals surface area contributed by atoms with E-state index in [1.54, 1.807) is 7.11 Å². The van der Waals surface area contributed by atoms with Gasteiger partial charge in [-0.1, -0.05) is 25.6 Å². The summed E-state index contributed by atoms with van der Waals surface area (Å²) < 4.78 is 10.7. The quantitative estimate of drug-likeness (QED) is 0.539. The fourth-order valence-corrected chi connectivity index (χ4v) is 1.53. The van der Waals surface area contributed by atoms with Gasteiger partial charge in [-0.05, 0) is 36.2 Å². The molecule has 1 aromatic carbocycles. The van der Waals surface area contributed by atoms with Crippen molar-refractivity contribution in [1.82, 2.24) is 5.32 Å². The summed E-state index contributed by atoms with van der Waals surface area (Å²) in [6, 6.07) is 7.90. The second-order valence-electron chi connectivity index (χ2n) is 4.27. The monoisotopic (exact) mass is 249 g/mol. The van der Waals surface area contributed by atoms with Gasteiger partial charge in [0.15, 0.2) is 0 Å². The molecular formula is C15H23NO2. The van der Waals surface area contributed by atoms with Gasteiger partial charge in [-0.3, -0.25) is 0 Å². The molecule has 3 heteroatoms. The standard InChI is InChI=1S/C15H23NO2/c1-4-9-16-10-13(2)11-18-12-14-5-7-15(17-3)8-6-14/h5-8,16H,2,4,9-12H2,1,3H3. The van der Waals surface area contributed by atoms with Crippen molar-refractivity contribution in [1.29, 1.82) is 0 Å². The predicted octanol–water partition coefficient (Wildman–Crippen LogP) is 2.77. The minimum absolute atomic E-state index is 0.600. The lowest BCUT2D eigenvalue weighted by atomic mass is 10.2. The summed E-state index contributed by atoms with van der Waals surface area (Å²) in [6.07, 6.45) is 1.14. The molecule has 0 saturated heterocycles. The Morgan fingerprint density at radius 3 is 2.61 bits per heavy atom. The topological polar surface area (TPSA) is 30.5 Å². The number of ether oxygens (including phenoxy) is 2. The molecule has 0 heterocycles. The lowest BCUT2D eigenvalue weighted by molar-refractivity contribution is 0.141. The largest absolute Gasteiger partial charge is 0.497 e. The van der Waals surface area contributed by atoms with E-state index in [9.17, 15) is 0 Å². The third-order valence-corrected chi connectivity index (χ3v) is 2.54. The van der Waals surface area contributed by atoms with E-state index >= 15 is 0 Å². The Labute approximate surface area is 110 Å². The Hall–Kier alpha value is -1.32. The molecule has 0 aromatic heterocycles. The molecule has 0 aliphatic heterocycles. The van der Waals surface area contributed by atoms with Crippen LogP contribution in [0.4, 0.5) is 0 Å². The second-order valence-corrected chi connectivity index (χ2v) is 4.27. The van der Waals surface area contributed by atoms with Gasteiger partial charge >= 0.3 is 0 Å². The van der Waals surface area contributed by atoms with Crippen LogP contribution in [0.25, 0.3) is 0 Å². The van der Waals surface area contributed by atoms with Crippen LogP contribution in [0, 0.1) is 0 Å². The SMILES string of the molecule is C=C(CNCCC)COCc1ccc(OC)cc1. The normalized spacial score (nSPS) is 10.3. The van der Waals surface area contributed by atoms with E-state index in [1.165, 1.54) is 0 Å². The van der Waals surface area contributed by atoms with Crippen molar-refractivity contribution < 1.29 is 9.47 Å². The zero-order chi connectivity index (χ0) is 13.2. The molecule has 0 bridgehead atoms. The van der Waals surface area contributed by atoms with E-state index < -0.39 is 0 Å². The van der Waals surface area contributed by atoms with Gasteiger partial charge in [0.2, 0.25) is 0 Å². The summed E-state index contributed by atoms with van der Waals surface area (Å²) in [6.45, 7) is 9.19. The van der Waals surface area contributed by atoms with Gasteiger partial charge < -0.3 is 14.8 Å². The van der Waals surface area contributed by atoms with Crippen LogP contribution >= 0.6 is 0 Å². The van der Waals surface area contributed by atoms with Crippen LogP contribution in [0.5, 0.6) is 5.75 Å². The number of methoxy groups -OCH3 is 1. The highest BCUT2D eigenvalue weighted by Gasteiger charge is 1.97. The fraction of sp³-hybridized carbons (Fsp3) is 0.467. The maximum absolute atomic E-state index is 5.61. The van der Waals surface area contributed by atoms with E-state index in [0.717, 1.165) is 36.4 Å². The van der Waals surface area contributed by atoms with Gasteiger partial charge in [0.05, 0.1) is 20.3 Å². The van der Waals surface area contributed by atoms with E-state index in [1.807, 2.05) is 24.3 Å². The van der Waals surface area contributed by atoms with Crippen molar-refractivity contribution >= 4 is 0 Å². The highest BCUT2D eigenvalue weighted by Crippen LogP contribution is 2.12. The summed E-state index contributed by atoms with van der Waals surface area (Å²) in [7, 11) is 1.67. The number of benzene rings is 1. The van der Waals surface area contributed by atoms with E-state index in [2.05, 4.69) is 18.8 Å². The van der Waals surface area contributed by atoms with Gasteiger partial charge in [0.1, 0.15) is 5.75 Å². The average molecular weight is 249 g/mol. The van der Waals surface area contributed by atoms with Gasteiger partial charge in [-0.25, -0.2) is 0 Å². The van der Waals surface area contributed by atoms with E-state index in [0.29, 0.717) is 13.2 Å². The molecule has 0 fully saturated rings. The maximum Gasteiger partial charge on any atom is 0.118 e. The fourth-order valence-electron chi connectivity index (χ4n) is 1.53. The van der Waals surface area contributed by atoms with Crippen LogP contribution in [0.15, 0.2) is 36.4 Å².